The second-order valence-corrected chi connectivity index (χ2v) is 3.70. The van der Waals surface area contributed by atoms with Gasteiger partial charge in [0.25, 0.3) is 0 Å². The molecule has 0 bridgehead atoms. The Hall–Kier alpha value is -2.15. The van der Waals surface area contributed by atoms with Crippen LogP contribution in [0.15, 0.2) is 78.9 Å². The van der Waals surface area contributed by atoms with Crippen molar-refractivity contribution in [3.63, 3.8) is 0 Å². The summed E-state index contributed by atoms with van der Waals surface area (Å²) in [5, 5.41) is 0. The monoisotopic (exact) mass is 254 g/mol. The zero-order chi connectivity index (χ0) is 14.7. The Labute approximate surface area is 116 Å². The summed E-state index contributed by atoms with van der Waals surface area (Å²) in [6.45, 7) is 13.4. The lowest BCUT2D eigenvalue weighted by molar-refractivity contribution is 0.104. The van der Waals surface area contributed by atoms with Crippen molar-refractivity contribution < 1.29 is 4.79 Å². The summed E-state index contributed by atoms with van der Waals surface area (Å²) in [5.41, 5.74) is 2.50. The molecule has 1 rings (SSSR count). The molecule has 0 N–H and O–H groups in total. The topological polar surface area (TPSA) is 17.1 Å². The predicted molar refractivity (Wildman–Crippen MR) is 84.4 cm³/mol. The molecular weight excluding hydrogens is 232 g/mol. The van der Waals surface area contributed by atoms with E-state index in [2.05, 4.69) is 13.2 Å². The lowest BCUT2D eigenvalue weighted by Crippen LogP contribution is -1.93. The van der Waals surface area contributed by atoms with E-state index in [1.165, 1.54) is 0 Å². The van der Waals surface area contributed by atoms with Crippen molar-refractivity contribution in [3.8, 4) is 0 Å². The SMILES string of the molecule is C=C/C=C(/C=C/C(=O)c1ccccc1)C(=C)C.CC. The molecule has 0 unspecified atom stereocenters. The minimum absolute atomic E-state index is 0.0122. The summed E-state index contributed by atoms with van der Waals surface area (Å²) in [6.07, 6.45) is 6.83. The molecule has 0 aromatic heterocycles. The highest BCUT2D eigenvalue weighted by Gasteiger charge is 2.00. The van der Waals surface area contributed by atoms with E-state index in [9.17, 15) is 4.79 Å². The van der Waals surface area contributed by atoms with Gasteiger partial charge in [-0.05, 0) is 18.6 Å². The van der Waals surface area contributed by atoms with E-state index in [4.69, 9.17) is 0 Å². The Kier molecular flexibility index (Phi) is 8.72. The van der Waals surface area contributed by atoms with Crippen molar-refractivity contribution in [2.45, 2.75) is 20.8 Å². The molecule has 0 amide bonds. The van der Waals surface area contributed by atoms with Crippen LogP contribution in [0.3, 0.4) is 0 Å². The molecular formula is C18H22O. The first-order valence-electron chi connectivity index (χ1n) is 6.41. The van der Waals surface area contributed by atoms with Crippen molar-refractivity contribution in [1.29, 1.82) is 0 Å². The molecule has 0 aliphatic carbocycles. The van der Waals surface area contributed by atoms with Gasteiger partial charge in [-0.15, -0.1) is 0 Å². The highest BCUT2D eigenvalue weighted by molar-refractivity contribution is 6.04. The molecule has 1 aromatic rings. The summed E-state index contributed by atoms with van der Waals surface area (Å²) >= 11 is 0. The fourth-order valence-electron chi connectivity index (χ4n) is 1.33. The Balaban J connectivity index is 0.00000154. The molecule has 0 saturated heterocycles. The third-order valence-corrected chi connectivity index (χ3v) is 2.26. The first-order valence-corrected chi connectivity index (χ1v) is 6.41. The lowest BCUT2D eigenvalue weighted by atomic mass is 10.1. The third kappa shape index (κ3) is 6.37. The van der Waals surface area contributed by atoms with Crippen molar-refractivity contribution >= 4 is 5.78 Å². The number of hydrogen-bond donors (Lipinski definition) is 0. The van der Waals surface area contributed by atoms with E-state index < -0.39 is 0 Å². The molecule has 0 radical (unpaired) electrons. The van der Waals surface area contributed by atoms with Crippen LogP contribution in [0, 0.1) is 0 Å². The van der Waals surface area contributed by atoms with Gasteiger partial charge in [-0.1, -0.05) is 81.1 Å². The second kappa shape index (κ2) is 9.84. The average Bonchev–Trinajstić information content (AvgIpc) is 2.46. The van der Waals surface area contributed by atoms with Gasteiger partial charge in [0.1, 0.15) is 0 Å². The molecule has 0 aliphatic rings. The fraction of sp³-hybridized carbons (Fsp3) is 0.167. The molecule has 1 aromatic carbocycles. The van der Waals surface area contributed by atoms with Crippen molar-refractivity contribution in [1.82, 2.24) is 0 Å². The largest absolute Gasteiger partial charge is 0.289 e. The number of benzene rings is 1. The van der Waals surface area contributed by atoms with Gasteiger partial charge >= 0.3 is 0 Å². The molecule has 0 saturated carbocycles. The number of carbonyl (C=O) groups is 1. The standard InChI is InChI=1S/C16H16O.C2H6/c1-4-8-14(13(2)3)11-12-16(17)15-9-6-5-7-10-15;1-2/h4-12H,1-2H2,3H3;1-2H3/b12-11+,14-8-;. The zero-order valence-corrected chi connectivity index (χ0v) is 12.0. The van der Waals surface area contributed by atoms with Gasteiger partial charge in [-0.3, -0.25) is 4.79 Å². The van der Waals surface area contributed by atoms with Crippen LogP contribution in [0.5, 0.6) is 0 Å². The molecule has 0 spiro atoms. The first kappa shape index (κ1) is 16.9. The van der Waals surface area contributed by atoms with E-state index in [1.807, 2.05) is 45.0 Å². The van der Waals surface area contributed by atoms with E-state index in [1.54, 1.807) is 30.4 Å². The molecule has 0 heterocycles. The van der Waals surface area contributed by atoms with Gasteiger partial charge in [0.15, 0.2) is 5.78 Å². The summed E-state index contributed by atoms with van der Waals surface area (Å²) in [6, 6.07) is 9.17. The van der Waals surface area contributed by atoms with Crippen LogP contribution in [0.1, 0.15) is 31.1 Å². The molecule has 19 heavy (non-hydrogen) atoms. The quantitative estimate of drug-likeness (QED) is 0.404. The van der Waals surface area contributed by atoms with Gasteiger partial charge in [-0.25, -0.2) is 0 Å². The second-order valence-electron chi connectivity index (χ2n) is 3.70. The summed E-state index contributed by atoms with van der Waals surface area (Å²) in [7, 11) is 0. The molecule has 0 aliphatic heterocycles. The summed E-state index contributed by atoms with van der Waals surface area (Å²) < 4.78 is 0. The van der Waals surface area contributed by atoms with Crippen LogP contribution in [-0.4, -0.2) is 5.78 Å². The minimum Gasteiger partial charge on any atom is -0.289 e. The van der Waals surface area contributed by atoms with Crippen LogP contribution in [0.4, 0.5) is 0 Å². The molecule has 0 atom stereocenters. The molecule has 0 fully saturated rings. The van der Waals surface area contributed by atoms with Crippen LogP contribution in [0.2, 0.25) is 0 Å². The van der Waals surface area contributed by atoms with E-state index >= 15 is 0 Å². The predicted octanol–water partition coefficient (Wildman–Crippen LogP) is 5.14. The van der Waals surface area contributed by atoms with Gasteiger partial charge < -0.3 is 0 Å². The molecule has 1 nitrogen and oxygen atoms in total. The van der Waals surface area contributed by atoms with Gasteiger partial charge in [0.2, 0.25) is 0 Å². The van der Waals surface area contributed by atoms with Gasteiger partial charge in [-0.2, -0.15) is 0 Å². The number of rotatable bonds is 5. The molecule has 100 valence electrons. The maximum Gasteiger partial charge on any atom is 0.185 e. The van der Waals surface area contributed by atoms with E-state index in [0.29, 0.717) is 5.56 Å². The third-order valence-electron chi connectivity index (χ3n) is 2.26. The average molecular weight is 254 g/mol. The lowest BCUT2D eigenvalue weighted by Gasteiger charge is -1.99. The van der Waals surface area contributed by atoms with Crippen LogP contribution >= 0.6 is 0 Å². The van der Waals surface area contributed by atoms with E-state index in [0.717, 1.165) is 11.1 Å². The maximum atomic E-state index is 11.8. The van der Waals surface area contributed by atoms with Crippen LogP contribution in [0.25, 0.3) is 0 Å². The summed E-state index contributed by atoms with van der Waals surface area (Å²) in [4.78, 5) is 11.8. The molecule has 1 heteroatoms. The van der Waals surface area contributed by atoms with Gasteiger partial charge in [0, 0.05) is 5.56 Å². The maximum absolute atomic E-state index is 11.8. The number of ketones is 1. The smallest absolute Gasteiger partial charge is 0.185 e. The Morgan fingerprint density at radius 3 is 2.16 bits per heavy atom. The highest BCUT2D eigenvalue weighted by Crippen LogP contribution is 2.10. The normalized spacial score (nSPS) is 10.6. The number of carbonyl (C=O) groups excluding carboxylic acids is 1. The first-order chi connectivity index (χ1) is 9.15. The van der Waals surface area contributed by atoms with Crippen LogP contribution in [-0.2, 0) is 0 Å². The Morgan fingerprint density at radius 2 is 1.68 bits per heavy atom. The fourth-order valence-corrected chi connectivity index (χ4v) is 1.33. The summed E-state index contributed by atoms with van der Waals surface area (Å²) in [5.74, 6) is -0.0122. The number of allylic oxidation sites excluding steroid dienone is 6. The highest BCUT2D eigenvalue weighted by atomic mass is 16.1. The van der Waals surface area contributed by atoms with Crippen LogP contribution < -0.4 is 0 Å². The van der Waals surface area contributed by atoms with Crippen molar-refractivity contribution in [2.24, 2.45) is 0 Å². The van der Waals surface area contributed by atoms with E-state index in [-0.39, 0.29) is 5.78 Å². The number of hydrogen-bond acceptors (Lipinski definition) is 1. The van der Waals surface area contributed by atoms with Crippen molar-refractivity contribution in [2.75, 3.05) is 0 Å². The zero-order valence-electron chi connectivity index (χ0n) is 12.0. The van der Waals surface area contributed by atoms with Crippen molar-refractivity contribution in [3.05, 3.63) is 84.5 Å². The minimum atomic E-state index is -0.0122. The van der Waals surface area contributed by atoms with Gasteiger partial charge in [0.05, 0.1) is 0 Å². The Bertz CT molecular complexity index is 476. The Morgan fingerprint density at radius 1 is 1.11 bits per heavy atom.